The molecule has 7 heteroatoms. The number of aliphatic carboxylic acids is 1. The Bertz CT molecular complexity index is 1140. The van der Waals surface area contributed by atoms with Gasteiger partial charge in [-0.3, -0.25) is 9.69 Å². The number of rotatable bonds is 5. The molecule has 1 N–H and O–H groups in total. The lowest BCUT2D eigenvalue weighted by atomic mass is 9.80. The van der Waals surface area contributed by atoms with E-state index in [1.165, 1.54) is 5.56 Å². The smallest absolute Gasteiger partial charge is 0.309 e. The van der Waals surface area contributed by atoms with Gasteiger partial charge in [0.1, 0.15) is 0 Å². The van der Waals surface area contributed by atoms with E-state index >= 15 is 0 Å². The molecule has 2 aromatic carbocycles. The van der Waals surface area contributed by atoms with Crippen molar-refractivity contribution in [3.63, 3.8) is 0 Å². The highest BCUT2D eigenvalue weighted by atomic mass is 35.5. The minimum atomic E-state index is -0.696. The maximum atomic E-state index is 11.4. The highest BCUT2D eigenvalue weighted by Gasteiger charge is 2.36. The van der Waals surface area contributed by atoms with Crippen LogP contribution in [0.25, 0.3) is 22.8 Å². The Balaban J connectivity index is 1.42. The van der Waals surface area contributed by atoms with Gasteiger partial charge in [-0.1, -0.05) is 67.9 Å². The Morgan fingerprint density at radius 2 is 1.76 bits per heavy atom. The topological polar surface area (TPSA) is 79.5 Å². The van der Waals surface area contributed by atoms with Crippen LogP contribution < -0.4 is 0 Å². The number of hydrogen-bond acceptors (Lipinski definition) is 5. The van der Waals surface area contributed by atoms with E-state index in [0.29, 0.717) is 29.6 Å². The molecule has 1 saturated heterocycles. The SMILES string of the molecule is CC1(C(=O)O)CCN(Cc2ccc(-c3noc(-c4ccc(C(C)(C)C)c(Cl)c4)n3)cc2)CC1. The summed E-state index contributed by atoms with van der Waals surface area (Å²) in [7, 11) is 0. The third kappa shape index (κ3) is 5.12. The van der Waals surface area contributed by atoms with Gasteiger partial charge in [-0.15, -0.1) is 0 Å². The van der Waals surface area contributed by atoms with Gasteiger partial charge in [0.15, 0.2) is 0 Å². The van der Waals surface area contributed by atoms with E-state index in [1.54, 1.807) is 0 Å². The lowest BCUT2D eigenvalue weighted by Gasteiger charge is -2.36. The van der Waals surface area contributed by atoms with E-state index in [4.69, 9.17) is 16.1 Å². The quantitative estimate of drug-likeness (QED) is 0.492. The van der Waals surface area contributed by atoms with Crippen LogP contribution in [0.5, 0.6) is 0 Å². The van der Waals surface area contributed by atoms with Crippen molar-refractivity contribution in [1.82, 2.24) is 15.0 Å². The van der Waals surface area contributed by atoms with Crippen molar-refractivity contribution in [2.24, 2.45) is 5.41 Å². The average molecular weight is 468 g/mol. The molecule has 0 aliphatic carbocycles. The van der Waals surface area contributed by atoms with Gasteiger partial charge in [0.2, 0.25) is 5.82 Å². The van der Waals surface area contributed by atoms with Gasteiger partial charge in [-0.05, 0) is 61.5 Å². The van der Waals surface area contributed by atoms with Crippen LogP contribution in [0.2, 0.25) is 5.02 Å². The maximum absolute atomic E-state index is 11.4. The molecule has 33 heavy (non-hydrogen) atoms. The summed E-state index contributed by atoms with van der Waals surface area (Å²) in [5.74, 6) is 0.271. The number of aromatic nitrogens is 2. The lowest BCUT2D eigenvalue weighted by molar-refractivity contribution is -0.150. The summed E-state index contributed by atoms with van der Waals surface area (Å²) in [5.41, 5.74) is 3.27. The van der Waals surface area contributed by atoms with Crippen molar-refractivity contribution in [1.29, 1.82) is 0 Å². The highest BCUT2D eigenvalue weighted by Crippen LogP contribution is 2.34. The second-order valence-corrected chi connectivity index (χ2v) is 10.6. The molecule has 0 saturated carbocycles. The molecule has 4 rings (SSSR count). The van der Waals surface area contributed by atoms with E-state index < -0.39 is 11.4 Å². The molecule has 0 bridgehead atoms. The van der Waals surface area contributed by atoms with Gasteiger partial charge in [-0.2, -0.15) is 4.98 Å². The standard InChI is InChI=1S/C26H30ClN3O3/c1-25(2,3)20-10-9-19(15-21(20)27)23-28-22(29-33-23)18-7-5-17(6-8-18)16-30-13-11-26(4,12-14-30)24(31)32/h5-10,15H,11-14,16H2,1-4H3,(H,31,32). The van der Waals surface area contributed by atoms with Crippen molar-refractivity contribution in [3.8, 4) is 22.8 Å². The predicted octanol–water partition coefficient (Wildman–Crippen LogP) is 6.04. The van der Waals surface area contributed by atoms with Crippen LogP contribution in [0.1, 0.15) is 51.7 Å². The van der Waals surface area contributed by atoms with E-state index in [2.05, 4.69) is 47.9 Å². The molecule has 0 unspecified atom stereocenters. The summed E-state index contributed by atoms with van der Waals surface area (Å²) in [5, 5.41) is 14.2. The Labute approximate surface area is 199 Å². The molecule has 3 aromatic rings. The first-order valence-electron chi connectivity index (χ1n) is 11.2. The molecule has 0 spiro atoms. The zero-order valence-electron chi connectivity index (χ0n) is 19.6. The summed E-state index contributed by atoms with van der Waals surface area (Å²) in [6.45, 7) is 10.6. The zero-order valence-corrected chi connectivity index (χ0v) is 20.3. The van der Waals surface area contributed by atoms with Crippen LogP contribution >= 0.6 is 11.6 Å². The summed E-state index contributed by atoms with van der Waals surface area (Å²) >= 11 is 6.49. The van der Waals surface area contributed by atoms with Crippen molar-refractivity contribution in [2.75, 3.05) is 13.1 Å². The van der Waals surface area contributed by atoms with Crippen LogP contribution in [0.4, 0.5) is 0 Å². The van der Waals surface area contributed by atoms with Crippen molar-refractivity contribution >= 4 is 17.6 Å². The van der Waals surface area contributed by atoms with E-state index in [1.807, 2.05) is 37.3 Å². The summed E-state index contributed by atoms with van der Waals surface area (Å²) in [4.78, 5) is 18.3. The fraction of sp³-hybridized carbons (Fsp3) is 0.423. The number of carboxylic acids is 1. The highest BCUT2D eigenvalue weighted by molar-refractivity contribution is 6.31. The molecule has 1 fully saturated rings. The number of likely N-dealkylation sites (tertiary alicyclic amines) is 1. The van der Waals surface area contributed by atoms with Gasteiger partial charge >= 0.3 is 5.97 Å². The summed E-state index contributed by atoms with van der Waals surface area (Å²) in [6, 6.07) is 13.9. The molecule has 0 amide bonds. The van der Waals surface area contributed by atoms with Crippen LogP contribution in [0.15, 0.2) is 47.0 Å². The van der Waals surface area contributed by atoms with E-state index in [-0.39, 0.29) is 5.41 Å². The zero-order chi connectivity index (χ0) is 23.8. The molecule has 174 valence electrons. The van der Waals surface area contributed by atoms with Gasteiger partial charge in [0.25, 0.3) is 5.89 Å². The predicted molar refractivity (Wildman–Crippen MR) is 129 cm³/mol. The van der Waals surface area contributed by atoms with E-state index in [9.17, 15) is 9.90 Å². The minimum Gasteiger partial charge on any atom is -0.481 e. The number of halogens is 1. The number of piperidine rings is 1. The first kappa shape index (κ1) is 23.5. The molecule has 1 aromatic heterocycles. The first-order valence-corrected chi connectivity index (χ1v) is 11.6. The average Bonchev–Trinajstić information content (AvgIpc) is 3.25. The Kier molecular flexibility index (Phi) is 6.34. The fourth-order valence-electron chi connectivity index (χ4n) is 4.15. The van der Waals surface area contributed by atoms with Gasteiger partial charge in [0.05, 0.1) is 5.41 Å². The number of carboxylic acid groups (broad SMARTS) is 1. The van der Waals surface area contributed by atoms with Crippen molar-refractivity contribution in [3.05, 3.63) is 58.6 Å². The maximum Gasteiger partial charge on any atom is 0.309 e. The molecule has 0 radical (unpaired) electrons. The molecular formula is C26H30ClN3O3. The van der Waals surface area contributed by atoms with Gasteiger partial charge in [-0.25, -0.2) is 0 Å². The molecule has 6 nitrogen and oxygen atoms in total. The lowest BCUT2D eigenvalue weighted by Crippen LogP contribution is -2.42. The van der Waals surface area contributed by atoms with Crippen molar-refractivity contribution < 1.29 is 14.4 Å². The number of nitrogens with zero attached hydrogens (tertiary/aromatic N) is 3. The molecule has 0 atom stereocenters. The molecular weight excluding hydrogens is 438 g/mol. The van der Waals surface area contributed by atoms with Gasteiger partial charge in [0, 0.05) is 22.7 Å². The third-order valence-electron chi connectivity index (χ3n) is 6.54. The number of benzene rings is 2. The van der Waals surface area contributed by atoms with Crippen molar-refractivity contribution in [2.45, 2.75) is 52.5 Å². The molecule has 1 aliphatic heterocycles. The Morgan fingerprint density at radius 1 is 1.12 bits per heavy atom. The second kappa shape index (κ2) is 8.92. The first-order chi connectivity index (χ1) is 15.5. The largest absolute Gasteiger partial charge is 0.481 e. The normalized spacial score (nSPS) is 16.6. The summed E-state index contributed by atoms with van der Waals surface area (Å²) < 4.78 is 5.50. The Morgan fingerprint density at radius 3 is 2.33 bits per heavy atom. The van der Waals surface area contributed by atoms with Crippen LogP contribution in [-0.2, 0) is 16.8 Å². The van der Waals surface area contributed by atoms with Crippen LogP contribution in [0.3, 0.4) is 0 Å². The monoisotopic (exact) mass is 467 g/mol. The number of carbonyl (C=O) groups is 1. The fourth-order valence-corrected chi connectivity index (χ4v) is 4.61. The molecule has 2 heterocycles. The van der Waals surface area contributed by atoms with Crippen LogP contribution in [-0.4, -0.2) is 39.2 Å². The van der Waals surface area contributed by atoms with E-state index in [0.717, 1.165) is 36.3 Å². The van der Waals surface area contributed by atoms with Gasteiger partial charge < -0.3 is 9.63 Å². The Hall–Kier alpha value is -2.70. The van der Waals surface area contributed by atoms with Crippen LogP contribution in [0, 0.1) is 5.41 Å². The second-order valence-electron chi connectivity index (χ2n) is 10.2. The summed E-state index contributed by atoms with van der Waals surface area (Å²) in [6.07, 6.45) is 1.35. The minimum absolute atomic E-state index is 0.0402. The number of hydrogen-bond donors (Lipinski definition) is 1. The third-order valence-corrected chi connectivity index (χ3v) is 6.86. The molecule has 1 aliphatic rings.